The van der Waals surface area contributed by atoms with Gasteiger partial charge in [-0.25, -0.2) is 4.98 Å². The van der Waals surface area contributed by atoms with Crippen molar-refractivity contribution in [1.29, 1.82) is 0 Å². The topological polar surface area (TPSA) is 17.8 Å². The van der Waals surface area contributed by atoms with E-state index in [4.69, 9.17) is 0 Å². The average molecular weight is 204 g/mol. The Balaban J connectivity index is 0.000000531. The van der Waals surface area contributed by atoms with Crippen LogP contribution in [0.4, 0.5) is 0 Å². The first kappa shape index (κ1) is 11.8. The van der Waals surface area contributed by atoms with Crippen molar-refractivity contribution in [3.8, 4) is 0 Å². The standard InChI is InChI=1S/C11H14N2.C2H6/c1-8(2)11-12-9-6-4-5-7-10(9)13(11)3;1-2/h4-8H,1-3H3;1-2H3. The first-order valence-corrected chi connectivity index (χ1v) is 5.61. The van der Waals surface area contributed by atoms with Crippen LogP contribution >= 0.6 is 0 Å². The highest BCUT2D eigenvalue weighted by molar-refractivity contribution is 5.75. The lowest BCUT2D eigenvalue weighted by Gasteiger charge is -2.04. The maximum absolute atomic E-state index is 4.57. The zero-order valence-electron chi connectivity index (χ0n) is 10.3. The lowest BCUT2D eigenvalue weighted by atomic mass is 10.2. The minimum atomic E-state index is 0.484. The molecule has 2 rings (SSSR count). The molecule has 2 nitrogen and oxygen atoms in total. The molecule has 0 saturated heterocycles. The van der Waals surface area contributed by atoms with Gasteiger partial charge in [0.25, 0.3) is 0 Å². The number of aromatic nitrogens is 2. The Morgan fingerprint density at radius 1 is 1.13 bits per heavy atom. The minimum Gasteiger partial charge on any atom is -0.331 e. The monoisotopic (exact) mass is 204 g/mol. The van der Waals surface area contributed by atoms with Crippen LogP contribution in [0.5, 0.6) is 0 Å². The van der Waals surface area contributed by atoms with Crippen molar-refractivity contribution in [3.05, 3.63) is 30.1 Å². The Kier molecular flexibility index (Phi) is 3.89. The lowest BCUT2D eigenvalue weighted by Crippen LogP contribution is -1.99. The molecular formula is C13H20N2. The molecule has 15 heavy (non-hydrogen) atoms. The zero-order chi connectivity index (χ0) is 11.4. The molecule has 1 aromatic carbocycles. The normalized spacial score (nSPS) is 10.3. The van der Waals surface area contributed by atoms with Gasteiger partial charge in [-0.15, -0.1) is 0 Å². The molecule has 0 unspecified atom stereocenters. The van der Waals surface area contributed by atoms with Gasteiger partial charge in [-0.1, -0.05) is 39.8 Å². The largest absolute Gasteiger partial charge is 0.331 e. The molecule has 0 saturated carbocycles. The Bertz CT molecular complexity index is 427. The number of para-hydroxylation sites is 2. The summed E-state index contributed by atoms with van der Waals surface area (Å²) in [6.45, 7) is 8.34. The Hall–Kier alpha value is -1.31. The maximum Gasteiger partial charge on any atom is 0.112 e. The van der Waals surface area contributed by atoms with Gasteiger partial charge in [0, 0.05) is 13.0 Å². The second kappa shape index (κ2) is 4.96. The molecule has 0 spiro atoms. The van der Waals surface area contributed by atoms with E-state index in [2.05, 4.69) is 42.6 Å². The van der Waals surface area contributed by atoms with Gasteiger partial charge < -0.3 is 4.57 Å². The molecule has 0 bridgehead atoms. The van der Waals surface area contributed by atoms with Crippen molar-refractivity contribution in [1.82, 2.24) is 9.55 Å². The summed E-state index contributed by atoms with van der Waals surface area (Å²) in [5.41, 5.74) is 2.31. The van der Waals surface area contributed by atoms with E-state index in [9.17, 15) is 0 Å². The van der Waals surface area contributed by atoms with Gasteiger partial charge in [0.2, 0.25) is 0 Å². The molecule has 0 aliphatic heterocycles. The smallest absolute Gasteiger partial charge is 0.112 e. The molecule has 0 amide bonds. The van der Waals surface area contributed by atoms with E-state index in [1.807, 2.05) is 26.0 Å². The van der Waals surface area contributed by atoms with Gasteiger partial charge in [0.05, 0.1) is 11.0 Å². The van der Waals surface area contributed by atoms with Crippen LogP contribution in [0.15, 0.2) is 24.3 Å². The second-order valence-electron chi connectivity index (χ2n) is 3.67. The summed E-state index contributed by atoms with van der Waals surface area (Å²) in [5, 5.41) is 0. The fourth-order valence-electron chi connectivity index (χ4n) is 1.68. The number of nitrogens with zero attached hydrogens (tertiary/aromatic N) is 2. The molecule has 1 aromatic heterocycles. The van der Waals surface area contributed by atoms with Gasteiger partial charge in [0.15, 0.2) is 0 Å². The van der Waals surface area contributed by atoms with Crippen molar-refractivity contribution in [3.63, 3.8) is 0 Å². The Morgan fingerprint density at radius 2 is 1.73 bits per heavy atom. The summed E-state index contributed by atoms with van der Waals surface area (Å²) in [4.78, 5) is 4.57. The predicted octanol–water partition coefficient (Wildman–Crippen LogP) is 3.72. The van der Waals surface area contributed by atoms with Crippen LogP contribution in [0.25, 0.3) is 11.0 Å². The number of rotatable bonds is 1. The summed E-state index contributed by atoms with van der Waals surface area (Å²) in [6, 6.07) is 8.24. The van der Waals surface area contributed by atoms with Gasteiger partial charge in [-0.3, -0.25) is 0 Å². The van der Waals surface area contributed by atoms with Crippen molar-refractivity contribution in [2.75, 3.05) is 0 Å². The molecular weight excluding hydrogens is 184 g/mol. The SMILES string of the molecule is CC.CC(C)c1nc2ccccc2n1C. The number of hydrogen-bond acceptors (Lipinski definition) is 1. The van der Waals surface area contributed by atoms with Crippen molar-refractivity contribution < 1.29 is 0 Å². The van der Waals surface area contributed by atoms with E-state index in [0.717, 1.165) is 11.3 Å². The van der Waals surface area contributed by atoms with Gasteiger partial charge >= 0.3 is 0 Å². The zero-order valence-corrected chi connectivity index (χ0v) is 10.3. The third kappa shape index (κ3) is 2.20. The molecule has 82 valence electrons. The summed E-state index contributed by atoms with van der Waals surface area (Å²) in [5.74, 6) is 1.64. The molecule has 1 heterocycles. The highest BCUT2D eigenvalue weighted by Crippen LogP contribution is 2.19. The quantitative estimate of drug-likeness (QED) is 0.692. The predicted molar refractivity (Wildman–Crippen MR) is 66.2 cm³/mol. The third-order valence-corrected chi connectivity index (χ3v) is 2.34. The van der Waals surface area contributed by atoms with Gasteiger partial charge in [0.1, 0.15) is 5.82 Å². The van der Waals surface area contributed by atoms with Crippen LogP contribution in [-0.2, 0) is 7.05 Å². The van der Waals surface area contributed by atoms with E-state index in [1.54, 1.807) is 0 Å². The van der Waals surface area contributed by atoms with Crippen molar-refractivity contribution in [2.45, 2.75) is 33.6 Å². The van der Waals surface area contributed by atoms with Crippen molar-refractivity contribution in [2.24, 2.45) is 7.05 Å². The number of hydrogen-bond donors (Lipinski definition) is 0. The number of imidazole rings is 1. The molecule has 2 aromatic rings. The van der Waals surface area contributed by atoms with Crippen LogP contribution in [0, 0.1) is 0 Å². The molecule has 0 atom stereocenters. The van der Waals surface area contributed by atoms with Gasteiger partial charge in [-0.2, -0.15) is 0 Å². The molecule has 0 aliphatic rings. The lowest BCUT2D eigenvalue weighted by molar-refractivity contribution is 0.722. The van der Waals surface area contributed by atoms with Crippen LogP contribution in [0.3, 0.4) is 0 Å². The molecule has 0 fully saturated rings. The third-order valence-electron chi connectivity index (χ3n) is 2.34. The summed E-state index contributed by atoms with van der Waals surface area (Å²) in [7, 11) is 2.07. The fraction of sp³-hybridized carbons (Fsp3) is 0.462. The average Bonchev–Trinajstić information content (AvgIpc) is 2.60. The summed E-state index contributed by atoms with van der Waals surface area (Å²) < 4.78 is 2.17. The molecule has 2 heteroatoms. The minimum absolute atomic E-state index is 0.484. The summed E-state index contributed by atoms with van der Waals surface area (Å²) >= 11 is 0. The first-order chi connectivity index (χ1) is 7.20. The van der Waals surface area contributed by atoms with Crippen LogP contribution in [0.2, 0.25) is 0 Å². The molecule has 0 aliphatic carbocycles. The van der Waals surface area contributed by atoms with E-state index in [0.29, 0.717) is 5.92 Å². The first-order valence-electron chi connectivity index (χ1n) is 5.61. The van der Waals surface area contributed by atoms with Crippen LogP contribution < -0.4 is 0 Å². The summed E-state index contributed by atoms with van der Waals surface area (Å²) in [6.07, 6.45) is 0. The molecule has 0 radical (unpaired) electrons. The second-order valence-corrected chi connectivity index (χ2v) is 3.67. The van der Waals surface area contributed by atoms with Crippen LogP contribution in [-0.4, -0.2) is 9.55 Å². The van der Waals surface area contributed by atoms with E-state index < -0.39 is 0 Å². The van der Waals surface area contributed by atoms with E-state index in [1.165, 1.54) is 5.52 Å². The van der Waals surface area contributed by atoms with Crippen molar-refractivity contribution >= 4 is 11.0 Å². The fourth-order valence-corrected chi connectivity index (χ4v) is 1.68. The Morgan fingerprint density at radius 3 is 2.27 bits per heavy atom. The van der Waals surface area contributed by atoms with E-state index >= 15 is 0 Å². The van der Waals surface area contributed by atoms with Crippen LogP contribution in [0.1, 0.15) is 39.4 Å². The number of aryl methyl sites for hydroxylation is 1. The van der Waals surface area contributed by atoms with Gasteiger partial charge in [-0.05, 0) is 12.1 Å². The highest BCUT2D eigenvalue weighted by atomic mass is 15.1. The maximum atomic E-state index is 4.57. The van der Waals surface area contributed by atoms with E-state index in [-0.39, 0.29) is 0 Å². The number of benzene rings is 1. The molecule has 0 N–H and O–H groups in total. The Labute approximate surface area is 91.9 Å². The number of fused-ring (bicyclic) bond motifs is 1. The highest BCUT2D eigenvalue weighted by Gasteiger charge is 2.09.